The molecule has 1 aromatic carbocycles. The summed E-state index contributed by atoms with van der Waals surface area (Å²) < 4.78 is 4.90. The molecule has 1 amide bonds. The van der Waals surface area contributed by atoms with Crippen LogP contribution in [-0.2, 0) is 0 Å². The molecular weight excluding hydrogens is 234 g/mol. The van der Waals surface area contributed by atoms with Gasteiger partial charge in [0.05, 0.1) is 7.11 Å². The third-order valence-corrected chi connectivity index (χ3v) is 2.39. The van der Waals surface area contributed by atoms with Gasteiger partial charge in [-0.1, -0.05) is 0 Å². The van der Waals surface area contributed by atoms with Crippen LogP contribution in [-0.4, -0.2) is 28.3 Å². The molecule has 94 valence electrons. The second-order valence-corrected chi connectivity index (χ2v) is 3.78. The van der Waals surface area contributed by atoms with Gasteiger partial charge in [-0.2, -0.15) is 5.10 Å². The normalized spacial score (nSPS) is 10.1. The Morgan fingerprint density at radius 2 is 2.22 bits per heavy atom. The topological polar surface area (TPSA) is 87.2 Å². The van der Waals surface area contributed by atoms with E-state index < -0.39 is 0 Å². The van der Waals surface area contributed by atoms with Crippen molar-refractivity contribution in [2.75, 3.05) is 12.4 Å². The standard InChI is InChI=1S/C12H13N3O3/c1-7-5-11(15-14-7)13-12(17)8-3-4-10(18-2)9(16)6-8/h3-6,16H,1-2H3,(H2,13,14,15,17). The number of amides is 1. The molecule has 0 atom stereocenters. The first-order chi connectivity index (χ1) is 8.60. The monoisotopic (exact) mass is 247 g/mol. The van der Waals surface area contributed by atoms with Gasteiger partial charge in [-0.25, -0.2) is 0 Å². The van der Waals surface area contributed by atoms with Crippen LogP contribution in [0.25, 0.3) is 0 Å². The summed E-state index contributed by atoms with van der Waals surface area (Å²) in [7, 11) is 1.45. The number of aromatic hydroxyl groups is 1. The molecule has 2 rings (SSSR count). The first kappa shape index (κ1) is 12.0. The molecule has 6 nitrogen and oxygen atoms in total. The Kier molecular flexibility index (Phi) is 3.18. The predicted molar refractivity (Wildman–Crippen MR) is 65.9 cm³/mol. The zero-order valence-electron chi connectivity index (χ0n) is 10.0. The van der Waals surface area contributed by atoms with E-state index in [4.69, 9.17) is 4.74 Å². The summed E-state index contributed by atoms with van der Waals surface area (Å²) in [4.78, 5) is 11.9. The Balaban J connectivity index is 2.16. The zero-order valence-corrected chi connectivity index (χ0v) is 10.0. The molecule has 0 saturated heterocycles. The third-order valence-electron chi connectivity index (χ3n) is 2.39. The van der Waals surface area contributed by atoms with E-state index in [1.807, 2.05) is 6.92 Å². The minimum Gasteiger partial charge on any atom is -0.504 e. The van der Waals surface area contributed by atoms with Crippen molar-refractivity contribution in [3.05, 3.63) is 35.5 Å². The van der Waals surface area contributed by atoms with Crippen LogP contribution in [0.1, 0.15) is 16.1 Å². The highest BCUT2D eigenvalue weighted by molar-refractivity contribution is 6.04. The molecule has 0 unspecified atom stereocenters. The van der Waals surface area contributed by atoms with Gasteiger partial charge in [0.15, 0.2) is 17.3 Å². The lowest BCUT2D eigenvalue weighted by atomic mass is 10.2. The van der Waals surface area contributed by atoms with E-state index in [0.29, 0.717) is 17.1 Å². The van der Waals surface area contributed by atoms with Gasteiger partial charge in [-0.05, 0) is 25.1 Å². The fourth-order valence-corrected chi connectivity index (χ4v) is 1.50. The van der Waals surface area contributed by atoms with Gasteiger partial charge in [-0.3, -0.25) is 9.89 Å². The molecule has 0 saturated carbocycles. The molecule has 18 heavy (non-hydrogen) atoms. The molecule has 0 fully saturated rings. The fourth-order valence-electron chi connectivity index (χ4n) is 1.50. The van der Waals surface area contributed by atoms with E-state index in [2.05, 4.69) is 15.5 Å². The number of aryl methyl sites for hydroxylation is 1. The van der Waals surface area contributed by atoms with E-state index in [1.54, 1.807) is 12.1 Å². The summed E-state index contributed by atoms with van der Waals surface area (Å²) >= 11 is 0. The van der Waals surface area contributed by atoms with Crippen LogP contribution >= 0.6 is 0 Å². The predicted octanol–water partition coefficient (Wildman–Crippen LogP) is 1.68. The Morgan fingerprint density at radius 1 is 1.44 bits per heavy atom. The summed E-state index contributed by atoms with van der Waals surface area (Å²) in [6, 6.07) is 6.14. The van der Waals surface area contributed by atoms with Gasteiger partial charge in [0, 0.05) is 17.3 Å². The SMILES string of the molecule is COc1ccc(C(=O)Nc2cc(C)[nH]n2)cc1O. The lowest BCUT2D eigenvalue weighted by molar-refractivity contribution is 0.102. The fraction of sp³-hybridized carbons (Fsp3) is 0.167. The average Bonchev–Trinajstić information content (AvgIpc) is 2.74. The van der Waals surface area contributed by atoms with Crippen molar-refractivity contribution in [3.63, 3.8) is 0 Å². The highest BCUT2D eigenvalue weighted by atomic mass is 16.5. The number of carbonyl (C=O) groups excluding carboxylic acids is 1. The molecule has 0 spiro atoms. The number of aromatic nitrogens is 2. The maximum absolute atomic E-state index is 11.9. The second-order valence-electron chi connectivity index (χ2n) is 3.78. The molecule has 6 heteroatoms. The number of nitrogens with zero attached hydrogens (tertiary/aromatic N) is 1. The lowest BCUT2D eigenvalue weighted by Gasteiger charge is -2.05. The van der Waals surface area contributed by atoms with Crippen LogP contribution in [0.5, 0.6) is 11.5 Å². The molecule has 0 bridgehead atoms. The van der Waals surface area contributed by atoms with Crippen molar-refractivity contribution in [2.24, 2.45) is 0 Å². The first-order valence-corrected chi connectivity index (χ1v) is 5.30. The number of phenols is 1. The second kappa shape index (κ2) is 4.79. The summed E-state index contributed by atoms with van der Waals surface area (Å²) in [5.41, 5.74) is 1.18. The number of hydrogen-bond acceptors (Lipinski definition) is 4. The van der Waals surface area contributed by atoms with Gasteiger partial charge in [0.1, 0.15) is 0 Å². The number of carbonyl (C=O) groups is 1. The largest absolute Gasteiger partial charge is 0.504 e. The molecule has 0 radical (unpaired) electrons. The quantitative estimate of drug-likeness (QED) is 0.770. The number of hydrogen-bond donors (Lipinski definition) is 3. The molecule has 1 aromatic heterocycles. The number of benzene rings is 1. The molecule has 2 aromatic rings. The number of H-pyrrole nitrogens is 1. The van der Waals surface area contributed by atoms with Gasteiger partial charge in [0.2, 0.25) is 0 Å². The van der Waals surface area contributed by atoms with E-state index in [0.717, 1.165) is 5.69 Å². The minimum absolute atomic E-state index is 0.0802. The summed E-state index contributed by atoms with van der Waals surface area (Å²) in [6.45, 7) is 1.84. The van der Waals surface area contributed by atoms with Crippen LogP contribution in [0.3, 0.4) is 0 Å². The molecule has 0 aliphatic heterocycles. The Hall–Kier alpha value is -2.50. The first-order valence-electron chi connectivity index (χ1n) is 5.30. The number of anilines is 1. The third kappa shape index (κ3) is 2.42. The number of ether oxygens (including phenoxy) is 1. The van der Waals surface area contributed by atoms with E-state index >= 15 is 0 Å². The number of methoxy groups -OCH3 is 1. The van der Waals surface area contributed by atoms with Crippen LogP contribution in [0.2, 0.25) is 0 Å². The van der Waals surface area contributed by atoms with Crippen molar-refractivity contribution in [1.82, 2.24) is 10.2 Å². The molecule has 1 heterocycles. The van der Waals surface area contributed by atoms with Crippen molar-refractivity contribution in [2.45, 2.75) is 6.92 Å². The van der Waals surface area contributed by atoms with Gasteiger partial charge >= 0.3 is 0 Å². The van der Waals surface area contributed by atoms with Crippen molar-refractivity contribution < 1.29 is 14.6 Å². The van der Waals surface area contributed by atoms with E-state index in [-0.39, 0.29) is 11.7 Å². The van der Waals surface area contributed by atoms with Crippen molar-refractivity contribution in [1.29, 1.82) is 0 Å². The Labute approximate surface area is 104 Å². The highest BCUT2D eigenvalue weighted by Gasteiger charge is 2.10. The number of rotatable bonds is 3. The number of phenolic OH excluding ortho intramolecular Hbond substituents is 1. The van der Waals surface area contributed by atoms with Gasteiger partial charge in [0.25, 0.3) is 5.91 Å². The van der Waals surface area contributed by atoms with Crippen LogP contribution in [0, 0.1) is 6.92 Å². The molecule has 0 aliphatic carbocycles. The highest BCUT2D eigenvalue weighted by Crippen LogP contribution is 2.26. The molecular formula is C12H13N3O3. The van der Waals surface area contributed by atoms with Crippen molar-refractivity contribution >= 4 is 11.7 Å². The Morgan fingerprint density at radius 3 is 2.78 bits per heavy atom. The number of nitrogens with one attached hydrogen (secondary N) is 2. The summed E-state index contributed by atoms with van der Waals surface area (Å²) in [5.74, 6) is 0.331. The van der Waals surface area contributed by atoms with Gasteiger partial charge in [-0.15, -0.1) is 0 Å². The summed E-state index contributed by atoms with van der Waals surface area (Å²) in [6.07, 6.45) is 0. The van der Waals surface area contributed by atoms with Crippen LogP contribution < -0.4 is 10.1 Å². The van der Waals surface area contributed by atoms with E-state index in [9.17, 15) is 9.90 Å². The summed E-state index contributed by atoms with van der Waals surface area (Å²) in [5, 5.41) is 18.8. The zero-order chi connectivity index (χ0) is 13.1. The average molecular weight is 247 g/mol. The smallest absolute Gasteiger partial charge is 0.257 e. The number of aromatic amines is 1. The Bertz CT molecular complexity index is 578. The maximum Gasteiger partial charge on any atom is 0.257 e. The van der Waals surface area contributed by atoms with Gasteiger partial charge < -0.3 is 15.2 Å². The van der Waals surface area contributed by atoms with Crippen LogP contribution in [0.15, 0.2) is 24.3 Å². The maximum atomic E-state index is 11.9. The molecule has 0 aliphatic rings. The minimum atomic E-state index is -0.348. The van der Waals surface area contributed by atoms with Crippen LogP contribution in [0.4, 0.5) is 5.82 Å². The van der Waals surface area contributed by atoms with Crippen molar-refractivity contribution in [3.8, 4) is 11.5 Å². The lowest BCUT2D eigenvalue weighted by Crippen LogP contribution is -2.12. The van der Waals surface area contributed by atoms with E-state index in [1.165, 1.54) is 19.2 Å². The molecule has 3 N–H and O–H groups in total.